The Hall–Kier alpha value is -2.66. The van der Waals surface area contributed by atoms with E-state index >= 15 is 0 Å². The molecule has 1 saturated heterocycles. The first-order valence-corrected chi connectivity index (χ1v) is 8.00. The second kappa shape index (κ2) is 7.75. The van der Waals surface area contributed by atoms with Crippen molar-refractivity contribution in [1.29, 1.82) is 5.26 Å². The topological polar surface area (TPSA) is 99.4 Å². The quantitative estimate of drug-likeness (QED) is 0.293. The van der Waals surface area contributed by atoms with Crippen molar-refractivity contribution in [2.45, 2.75) is 13.3 Å². The summed E-state index contributed by atoms with van der Waals surface area (Å²) in [4.78, 5) is 14.9. The van der Waals surface area contributed by atoms with Gasteiger partial charge in [-0.1, -0.05) is 18.3 Å². The number of nitrogens with two attached hydrogens (primary N) is 1. The lowest BCUT2D eigenvalue weighted by molar-refractivity contribution is -0.384. The van der Waals surface area contributed by atoms with Crippen LogP contribution in [0, 0.1) is 21.4 Å². The fraction of sp³-hybridized carbons (Fsp3) is 0.375. The van der Waals surface area contributed by atoms with Crippen LogP contribution in [0.3, 0.4) is 0 Å². The number of allylic oxidation sites excluding steroid dienone is 1. The predicted molar refractivity (Wildman–Crippen MR) is 96.6 cm³/mol. The van der Waals surface area contributed by atoms with Crippen molar-refractivity contribution >= 4 is 28.6 Å². The monoisotopic (exact) mass is 345 g/mol. The summed E-state index contributed by atoms with van der Waals surface area (Å²) in [5.41, 5.74) is 7.66. The fourth-order valence-corrected chi connectivity index (χ4v) is 2.98. The SMILES string of the molecule is C/C(=C(\C#N)C(N)=S)N1CCCN(c2cccc([N+](=O)[O-])c2)CC1. The van der Waals surface area contributed by atoms with Gasteiger partial charge in [0, 0.05) is 49.7 Å². The van der Waals surface area contributed by atoms with Crippen LogP contribution in [0.2, 0.25) is 0 Å². The average molecular weight is 345 g/mol. The zero-order valence-electron chi connectivity index (χ0n) is 13.4. The molecular weight excluding hydrogens is 326 g/mol. The number of nitriles is 1. The Balaban J connectivity index is 2.16. The summed E-state index contributed by atoms with van der Waals surface area (Å²) < 4.78 is 0. The molecule has 1 aromatic carbocycles. The first-order chi connectivity index (χ1) is 11.4. The molecule has 1 aromatic rings. The van der Waals surface area contributed by atoms with Gasteiger partial charge < -0.3 is 15.5 Å². The number of nitro benzene ring substituents is 1. The smallest absolute Gasteiger partial charge is 0.271 e. The van der Waals surface area contributed by atoms with Gasteiger partial charge in [0.05, 0.1) is 4.92 Å². The first kappa shape index (κ1) is 17.7. The third-order valence-corrected chi connectivity index (χ3v) is 4.30. The van der Waals surface area contributed by atoms with Crippen LogP contribution in [0.4, 0.5) is 11.4 Å². The summed E-state index contributed by atoms with van der Waals surface area (Å²) in [6.45, 7) is 4.82. The molecular formula is C16H19N5O2S. The maximum Gasteiger partial charge on any atom is 0.271 e. The van der Waals surface area contributed by atoms with E-state index in [1.54, 1.807) is 12.1 Å². The maximum absolute atomic E-state index is 10.9. The van der Waals surface area contributed by atoms with Crippen molar-refractivity contribution in [3.63, 3.8) is 0 Å². The molecule has 0 unspecified atom stereocenters. The molecule has 1 heterocycles. The number of thiocarbonyl (C=S) groups is 1. The highest BCUT2D eigenvalue weighted by atomic mass is 32.1. The first-order valence-electron chi connectivity index (χ1n) is 7.59. The number of hydrogen-bond acceptors (Lipinski definition) is 6. The predicted octanol–water partition coefficient (Wildman–Crippen LogP) is 2.19. The van der Waals surface area contributed by atoms with E-state index in [0.29, 0.717) is 18.7 Å². The summed E-state index contributed by atoms with van der Waals surface area (Å²) in [5.74, 6) is 0. The van der Waals surface area contributed by atoms with Gasteiger partial charge in [0.1, 0.15) is 16.6 Å². The van der Waals surface area contributed by atoms with Gasteiger partial charge >= 0.3 is 0 Å². The van der Waals surface area contributed by atoms with Crippen LogP contribution in [-0.4, -0.2) is 41.0 Å². The number of non-ortho nitro benzene ring substituents is 1. The molecule has 1 aliphatic rings. The Morgan fingerprint density at radius 2 is 2.12 bits per heavy atom. The van der Waals surface area contributed by atoms with Crippen LogP contribution in [0.5, 0.6) is 0 Å². The third kappa shape index (κ3) is 4.00. The lowest BCUT2D eigenvalue weighted by Crippen LogP contribution is -2.31. The molecule has 2 N–H and O–H groups in total. The normalized spacial score (nSPS) is 16.0. The highest BCUT2D eigenvalue weighted by Gasteiger charge is 2.19. The van der Waals surface area contributed by atoms with Crippen LogP contribution in [0.15, 0.2) is 35.5 Å². The molecule has 0 aromatic heterocycles. The zero-order chi connectivity index (χ0) is 17.7. The van der Waals surface area contributed by atoms with E-state index < -0.39 is 0 Å². The molecule has 126 valence electrons. The van der Waals surface area contributed by atoms with E-state index in [1.807, 2.05) is 13.0 Å². The largest absolute Gasteiger partial charge is 0.389 e. The zero-order valence-corrected chi connectivity index (χ0v) is 14.3. The maximum atomic E-state index is 10.9. The van der Waals surface area contributed by atoms with E-state index in [9.17, 15) is 15.4 Å². The minimum absolute atomic E-state index is 0.0879. The van der Waals surface area contributed by atoms with Crippen molar-refractivity contribution in [2.75, 3.05) is 31.1 Å². The van der Waals surface area contributed by atoms with Gasteiger partial charge in [0.25, 0.3) is 5.69 Å². The fourth-order valence-electron chi connectivity index (χ4n) is 2.79. The molecule has 0 radical (unpaired) electrons. The van der Waals surface area contributed by atoms with Gasteiger partial charge in [-0.3, -0.25) is 10.1 Å². The van der Waals surface area contributed by atoms with Crippen molar-refractivity contribution in [2.24, 2.45) is 5.73 Å². The molecule has 8 heteroatoms. The highest BCUT2D eigenvalue weighted by Crippen LogP contribution is 2.23. The standard InChI is InChI=1S/C16H19N5O2S/c1-12(15(11-17)16(18)24)19-6-3-7-20(9-8-19)13-4-2-5-14(10-13)21(22)23/h2,4-5,10H,3,6-9H2,1H3,(H2,18,24)/b15-12-. The van der Waals surface area contributed by atoms with Crippen LogP contribution in [-0.2, 0) is 0 Å². The van der Waals surface area contributed by atoms with Crippen molar-refractivity contribution in [3.8, 4) is 6.07 Å². The Bertz CT molecular complexity index is 725. The molecule has 0 bridgehead atoms. The number of nitro groups is 1. The molecule has 1 fully saturated rings. The second-order valence-corrected chi connectivity index (χ2v) is 5.98. The van der Waals surface area contributed by atoms with Crippen molar-refractivity contribution < 1.29 is 4.92 Å². The summed E-state index contributed by atoms with van der Waals surface area (Å²) in [7, 11) is 0. The highest BCUT2D eigenvalue weighted by molar-refractivity contribution is 7.80. The van der Waals surface area contributed by atoms with Crippen molar-refractivity contribution in [1.82, 2.24) is 4.90 Å². The third-order valence-electron chi connectivity index (χ3n) is 4.10. The molecule has 0 saturated carbocycles. The molecule has 0 aliphatic carbocycles. The Morgan fingerprint density at radius 3 is 2.75 bits per heavy atom. The van der Waals surface area contributed by atoms with E-state index in [4.69, 9.17) is 18.0 Å². The molecule has 2 rings (SSSR count). The lowest BCUT2D eigenvalue weighted by Gasteiger charge is -2.25. The minimum atomic E-state index is -0.387. The van der Waals surface area contributed by atoms with E-state index in [2.05, 4.69) is 15.9 Å². The number of hydrogen-bond donors (Lipinski definition) is 1. The average Bonchev–Trinajstić information content (AvgIpc) is 2.81. The lowest BCUT2D eigenvalue weighted by atomic mass is 10.2. The van der Waals surface area contributed by atoms with Crippen molar-refractivity contribution in [3.05, 3.63) is 45.6 Å². The van der Waals surface area contributed by atoms with E-state index in [-0.39, 0.29) is 15.6 Å². The van der Waals surface area contributed by atoms with Crippen LogP contribution in [0.1, 0.15) is 13.3 Å². The molecule has 0 amide bonds. The number of rotatable bonds is 4. The molecule has 7 nitrogen and oxygen atoms in total. The molecule has 0 spiro atoms. The van der Waals surface area contributed by atoms with Crippen LogP contribution >= 0.6 is 12.2 Å². The Labute approximate surface area is 146 Å². The van der Waals surface area contributed by atoms with Gasteiger partial charge in [-0.15, -0.1) is 0 Å². The second-order valence-electron chi connectivity index (χ2n) is 5.54. The van der Waals surface area contributed by atoms with Gasteiger partial charge in [-0.25, -0.2) is 0 Å². The molecule has 1 aliphatic heterocycles. The summed E-state index contributed by atoms with van der Waals surface area (Å²) in [6.07, 6.45) is 0.871. The molecule has 24 heavy (non-hydrogen) atoms. The van der Waals surface area contributed by atoms with Crippen LogP contribution < -0.4 is 10.6 Å². The van der Waals surface area contributed by atoms with E-state index in [1.165, 1.54) is 6.07 Å². The summed E-state index contributed by atoms with van der Waals surface area (Å²) >= 11 is 4.93. The summed E-state index contributed by atoms with van der Waals surface area (Å²) in [5, 5.41) is 20.1. The Kier molecular flexibility index (Phi) is 5.71. The van der Waals surface area contributed by atoms with Gasteiger partial charge in [-0.05, 0) is 19.4 Å². The molecule has 0 atom stereocenters. The van der Waals surface area contributed by atoms with Gasteiger partial charge in [0.15, 0.2) is 0 Å². The number of benzene rings is 1. The number of anilines is 1. The van der Waals surface area contributed by atoms with Gasteiger partial charge in [-0.2, -0.15) is 5.26 Å². The van der Waals surface area contributed by atoms with E-state index in [0.717, 1.165) is 30.9 Å². The minimum Gasteiger partial charge on any atom is -0.389 e. The summed E-state index contributed by atoms with van der Waals surface area (Å²) in [6, 6.07) is 8.72. The van der Waals surface area contributed by atoms with Gasteiger partial charge in [0.2, 0.25) is 0 Å². The Morgan fingerprint density at radius 1 is 1.38 bits per heavy atom. The van der Waals surface area contributed by atoms with Crippen LogP contribution in [0.25, 0.3) is 0 Å². The number of nitrogens with zero attached hydrogens (tertiary/aromatic N) is 4.